The van der Waals surface area contributed by atoms with Crippen LogP contribution in [-0.2, 0) is 4.79 Å². The first-order valence-electron chi connectivity index (χ1n) is 10.1. The van der Waals surface area contributed by atoms with Crippen LogP contribution < -0.4 is 0 Å². The van der Waals surface area contributed by atoms with Crippen LogP contribution in [0.25, 0.3) is 0 Å². The smallest absolute Gasteiger partial charge is 0.254 e. The van der Waals surface area contributed by atoms with Crippen LogP contribution in [0.15, 0.2) is 24.3 Å². The molecule has 0 radical (unpaired) electrons. The first kappa shape index (κ1) is 19.8. The molecule has 0 N–H and O–H groups in total. The van der Waals surface area contributed by atoms with E-state index in [1.807, 2.05) is 0 Å². The average molecular weight is 375 g/mol. The van der Waals surface area contributed by atoms with Gasteiger partial charge in [-0.25, -0.2) is 4.39 Å². The zero-order valence-corrected chi connectivity index (χ0v) is 16.2. The third-order valence-corrected chi connectivity index (χ3v) is 5.72. The van der Waals surface area contributed by atoms with E-state index in [1.165, 1.54) is 18.6 Å². The molecule has 0 aromatic heterocycles. The largest absolute Gasteiger partial charge is 0.339 e. The molecule has 2 fully saturated rings. The van der Waals surface area contributed by atoms with Crippen molar-refractivity contribution in [3.05, 3.63) is 35.6 Å². The van der Waals surface area contributed by atoms with Gasteiger partial charge in [-0.05, 0) is 50.3 Å². The lowest BCUT2D eigenvalue weighted by molar-refractivity contribution is -0.136. The number of nitrogens with zero attached hydrogens (tertiary/aromatic N) is 3. The fourth-order valence-corrected chi connectivity index (χ4v) is 4.17. The fourth-order valence-electron chi connectivity index (χ4n) is 4.17. The maximum Gasteiger partial charge on any atom is 0.254 e. The lowest BCUT2D eigenvalue weighted by Gasteiger charge is -2.36. The highest BCUT2D eigenvalue weighted by Crippen LogP contribution is 2.20. The Bertz CT molecular complexity index is 667. The van der Waals surface area contributed by atoms with E-state index < -0.39 is 5.82 Å². The minimum absolute atomic E-state index is 0.134. The summed E-state index contributed by atoms with van der Waals surface area (Å²) in [5, 5.41) is 0. The lowest BCUT2D eigenvalue weighted by Crippen LogP contribution is -2.48. The summed E-state index contributed by atoms with van der Waals surface area (Å²) in [6, 6.07) is 6.23. The highest BCUT2D eigenvalue weighted by molar-refractivity contribution is 5.94. The number of hydrogen-bond acceptors (Lipinski definition) is 3. The Morgan fingerprint density at radius 3 is 2.70 bits per heavy atom. The normalized spacial score (nSPS) is 21.8. The van der Waals surface area contributed by atoms with Crippen LogP contribution in [0.1, 0.15) is 49.4 Å². The molecule has 1 unspecified atom stereocenters. The Kier molecular flexibility index (Phi) is 6.83. The molecule has 2 amide bonds. The Labute approximate surface area is 161 Å². The van der Waals surface area contributed by atoms with Crippen molar-refractivity contribution in [3.8, 4) is 0 Å². The van der Waals surface area contributed by atoms with Crippen LogP contribution in [0.5, 0.6) is 0 Å². The molecule has 1 atom stereocenters. The van der Waals surface area contributed by atoms with E-state index in [0.717, 1.165) is 38.8 Å². The summed E-state index contributed by atoms with van der Waals surface area (Å²) in [6.07, 6.45) is 5.26. The van der Waals surface area contributed by atoms with Crippen LogP contribution in [0, 0.1) is 5.82 Å². The maximum absolute atomic E-state index is 13.4. The predicted molar refractivity (Wildman–Crippen MR) is 103 cm³/mol. The van der Waals surface area contributed by atoms with Gasteiger partial charge in [-0.1, -0.05) is 13.0 Å². The Hall–Kier alpha value is -1.95. The molecule has 6 heteroatoms. The van der Waals surface area contributed by atoms with Crippen molar-refractivity contribution >= 4 is 11.8 Å². The van der Waals surface area contributed by atoms with Crippen molar-refractivity contribution in [2.24, 2.45) is 0 Å². The average Bonchev–Trinajstić information content (AvgIpc) is 2.93. The van der Waals surface area contributed by atoms with Gasteiger partial charge in [0.2, 0.25) is 5.91 Å². The monoisotopic (exact) mass is 375 g/mol. The van der Waals surface area contributed by atoms with Gasteiger partial charge < -0.3 is 9.80 Å². The van der Waals surface area contributed by atoms with E-state index in [2.05, 4.69) is 16.7 Å². The molecule has 5 nitrogen and oxygen atoms in total. The summed E-state index contributed by atoms with van der Waals surface area (Å²) in [7, 11) is 0. The topological polar surface area (TPSA) is 43.9 Å². The molecule has 2 saturated heterocycles. The number of likely N-dealkylation sites (tertiary alicyclic amines) is 1. The minimum atomic E-state index is -0.394. The summed E-state index contributed by atoms with van der Waals surface area (Å²) in [6.45, 7) is 6.15. The highest BCUT2D eigenvalue weighted by Gasteiger charge is 2.27. The quantitative estimate of drug-likeness (QED) is 0.813. The molecule has 0 spiro atoms. The summed E-state index contributed by atoms with van der Waals surface area (Å²) in [4.78, 5) is 31.4. The van der Waals surface area contributed by atoms with Crippen LogP contribution in [0.2, 0.25) is 0 Å². The van der Waals surface area contributed by atoms with Gasteiger partial charge in [-0.15, -0.1) is 0 Å². The van der Waals surface area contributed by atoms with Gasteiger partial charge in [0.15, 0.2) is 0 Å². The lowest BCUT2D eigenvalue weighted by atomic mass is 10.00. The Morgan fingerprint density at radius 1 is 1.07 bits per heavy atom. The van der Waals surface area contributed by atoms with Gasteiger partial charge >= 0.3 is 0 Å². The second-order valence-corrected chi connectivity index (χ2v) is 7.58. The van der Waals surface area contributed by atoms with E-state index in [4.69, 9.17) is 0 Å². The molecule has 1 aromatic carbocycles. The molecule has 0 bridgehead atoms. The zero-order valence-electron chi connectivity index (χ0n) is 16.2. The van der Waals surface area contributed by atoms with Crippen molar-refractivity contribution < 1.29 is 14.0 Å². The third-order valence-electron chi connectivity index (χ3n) is 5.72. The zero-order chi connectivity index (χ0) is 19.2. The van der Waals surface area contributed by atoms with Crippen molar-refractivity contribution in [3.63, 3.8) is 0 Å². The molecule has 0 aliphatic carbocycles. The molecule has 0 saturated carbocycles. The van der Waals surface area contributed by atoms with Crippen LogP contribution >= 0.6 is 0 Å². The SMILES string of the molecule is CCC1CCCCN1C(=O)CN1CCCN(C(=O)c2cccc(F)c2)CC1. The number of halogens is 1. The second kappa shape index (κ2) is 9.31. The number of hydrogen-bond donors (Lipinski definition) is 0. The first-order chi connectivity index (χ1) is 13.1. The number of carbonyl (C=O) groups excluding carboxylic acids is 2. The summed E-state index contributed by atoms with van der Waals surface area (Å²) in [5.74, 6) is -0.314. The Balaban J connectivity index is 1.55. The Morgan fingerprint density at radius 2 is 1.93 bits per heavy atom. The van der Waals surface area contributed by atoms with Crippen LogP contribution in [-0.4, -0.2) is 71.8 Å². The number of benzene rings is 1. The molecule has 3 rings (SSSR count). The van der Waals surface area contributed by atoms with Crippen molar-refractivity contribution in [2.75, 3.05) is 39.3 Å². The van der Waals surface area contributed by atoms with Crippen molar-refractivity contribution in [1.29, 1.82) is 0 Å². The van der Waals surface area contributed by atoms with Gasteiger partial charge in [0.25, 0.3) is 5.91 Å². The van der Waals surface area contributed by atoms with E-state index in [0.29, 0.717) is 37.8 Å². The van der Waals surface area contributed by atoms with E-state index >= 15 is 0 Å². The summed E-state index contributed by atoms with van der Waals surface area (Å²) >= 11 is 0. The van der Waals surface area contributed by atoms with Gasteiger partial charge in [-0.2, -0.15) is 0 Å². The van der Waals surface area contributed by atoms with E-state index in [9.17, 15) is 14.0 Å². The minimum Gasteiger partial charge on any atom is -0.339 e. The second-order valence-electron chi connectivity index (χ2n) is 7.58. The van der Waals surface area contributed by atoms with Gasteiger partial charge in [0.05, 0.1) is 6.54 Å². The van der Waals surface area contributed by atoms with Crippen LogP contribution in [0.4, 0.5) is 4.39 Å². The van der Waals surface area contributed by atoms with Gasteiger partial charge in [0, 0.05) is 44.3 Å². The number of rotatable bonds is 4. The van der Waals surface area contributed by atoms with Crippen molar-refractivity contribution in [2.45, 2.75) is 45.1 Å². The number of carbonyl (C=O) groups is 2. The molecular weight excluding hydrogens is 345 g/mol. The van der Waals surface area contributed by atoms with Gasteiger partial charge in [0.1, 0.15) is 5.82 Å². The molecule has 1 aromatic rings. The molecule has 2 aliphatic heterocycles. The molecule has 2 heterocycles. The van der Waals surface area contributed by atoms with Crippen LogP contribution in [0.3, 0.4) is 0 Å². The highest BCUT2D eigenvalue weighted by atomic mass is 19.1. The molecule has 27 heavy (non-hydrogen) atoms. The number of amides is 2. The van der Waals surface area contributed by atoms with Crippen molar-refractivity contribution in [1.82, 2.24) is 14.7 Å². The fraction of sp³-hybridized carbons (Fsp3) is 0.619. The number of piperidine rings is 1. The summed E-state index contributed by atoms with van der Waals surface area (Å²) < 4.78 is 13.4. The maximum atomic E-state index is 13.4. The van der Waals surface area contributed by atoms with Gasteiger partial charge in [-0.3, -0.25) is 14.5 Å². The standard InChI is InChI=1S/C21H30FN3O2/c1-2-19-9-3-4-12-25(19)20(26)16-23-10-6-11-24(14-13-23)21(27)17-7-5-8-18(22)15-17/h5,7-8,15,19H,2-4,6,9-14,16H2,1H3. The van der Waals surface area contributed by atoms with E-state index in [1.54, 1.807) is 17.0 Å². The van der Waals surface area contributed by atoms with E-state index in [-0.39, 0.29) is 11.8 Å². The molecule has 148 valence electrons. The molecular formula is C21H30FN3O2. The summed E-state index contributed by atoms with van der Waals surface area (Å²) in [5.41, 5.74) is 0.388. The predicted octanol–water partition coefficient (Wildman–Crippen LogP) is 2.76. The third kappa shape index (κ3) is 5.06. The molecule has 2 aliphatic rings. The first-order valence-corrected chi connectivity index (χ1v) is 10.1.